The summed E-state index contributed by atoms with van der Waals surface area (Å²) in [6, 6.07) is 0. The van der Waals surface area contributed by atoms with Crippen LogP contribution in [0.1, 0.15) is 13.8 Å². The molecule has 11 heavy (non-hydrogen) atoms. The van der Waals surface area contributed by atoms with Crippen molar-refractivity contribution in [1.29, 1.82) is 0 Å². The Morgan fingerprint density at radius 2 is 2.18 bits per heavy atom. The van der Waals surface area contributed by atoms with Gasteiger partial charge < -0.3 is 11.1 Å². The zero-order valence-corrected chi connectivity index (χ0v) is 7.92. The molecule has 0 aliphatic rings. The van der Waals surface area contributed by atoms with Crippen molar-refractivity contribution in [2.24, 2.45) is 5.73 Å². The summed E-state index contributed by atoms with van der Waals surface area (Å²) in [5.74, 6) is 0.775. The normalized spacial score (nSPS) is 12.3. The monoisotopic (exact) mass is 174 g/mol. The molecule has 0 atom stereocenters. The Balaban J connectivity index is 4.28. The molecule has 0 bridgehead atoms. The second-order valence-corrected chi connectivity index (χ2v) is 3.27. The van der Waals surface area contributed by atoms with Crippen molar-refractivity contribution in [3.05, 3.63) is 11.4 Å². The van der Waals surface area contributed by atoms with Crippen LogP contribution in [0.25, 0.3) is 0 Å². The van der Waals surface area contributed by atoms with Crippen LogP contribution in [-0.2, 0) is 4.79 Å². The lowest BCUT2D eigenvalue weighted by Crippen LogP contribution is -2.18. The lowest BCUT2D eigenvalue weighted by atomic mass is 10.4. The van der Waals surface area contributed by atoms with Crippen LogP contribution in [0.2, 0.25) is 0 Å². The molecule has 0 fully saturated rings. The standard InChI is InChI=1S/C7H14N2OS/c1-4-11-7(10)6(9-3)5(2)8/h9H,4,8H2,1-3H3/b6-5+. The van der Waals surface area contributed by atoms with Crippen molar-refractivity contribution >= 4 is 16.9 Å². The lowest BCUT2D eigenvalue weighted by Gasteiger charge is -2.05. The molecule has 64 valence electrons. The summed E-state index contributed by atoms with van der Waals surface area (Å²) < 4.78 is 0. The largest absolute Gasteiger partial charge is 0.400 e. The highest BCUT2D eigenvalue weighted by atomic mass is 32.2. The van der Waals surface area contributed by atoms with Crippen LogP contribution in [0.3, 0.4) is 0 Å². The highest BCUT2D eigenvalue weighted by Crippen LogP contribution is 2.08. The van der Waals surface area contributed by atoms with Crippen molar-refractivity contribution in [2.45, 2.75) is 13.8 Å². The maximum Gasteiger partial charge on any atom is 0.236 e. The minimum absolute atomic E-state index is 0.00926. The van der Waals surface area contributed by atoms with E-state index in [2.05, 4.69) is 5.32 Å². The van der Waals surface area contributed by atoms with Gasteiger partial charge >= 0.3 is 0 Å². The van der Waals surface area contributed by atoms with Gasteiger partial charge in [-0.1, -0.05) is 18.7 Å². The van der Waals surface area contributed by atoms with E-state index in [1.165, 1.54) is 11.8 Å². The van der Waals surface area contributed by atoms with Gasteiger partial charge in [0.15, 0.2) is 0 Å². The first-order chi connectivity index (χ1) is 5.13. The summed E-state index contributed by atoms with van der Waals surface area (Å²) in [5.41, 5.74) is 6.51. The number of nitrogens with two attached hydrogens (primary N) is 1. The van der Waals surface area contributed by atoms with E-state index in [4.69, 9.17) is 5.73 Å². The molecule has 0 rings (SSSR count). The van der Waals surface area contributed by atoms with Gasteiger partial charge in [0.25, 0.3) is 0 Å². The third-order valence-corrected chi connectivity index (χ3v) is 1.88. The molecular weight excluding hydrogens is 160 g/mol. The molecule has 0 aromatic rings. The van der Waals surface area contributed by atoms with Gasteiger partial charge in [0.2, 0.25) is 5.12 Å². The van der Waals surface area contributed by atoms with Crippen molar-refractivity contribution in [3.63, 3.8) is 0 Å². The molecular formula is C7H14N2OS. The minimum Gasteiger partial charge on any atom is -0.400 e. The van der Waals surface area contributed by atoms with Gasteiger partial charge in [-0.2, -0.15) is 0 Å². The fourth-order valence-corrected chi connectivity index (χ4v) is 1.33. The molecule has 3 N–H and O–H groups in total. The number of allylic oxidation sites excluding steroid dienone is 1. The van der Waals surface area contributed by atoms with Crippen LogP contribution >= 0.6 is 11.8 Å². The maximum atomic E-state index is 11.2. The van der Waals surface area contributed by atoms with Gasteiger partial charge in [-0.3, -0.25) is 4.79 Å². The Kier molecular flexibility index (Phi) is 4.77. The van der Waals surface area contributed by atoms with Crippen LogP contribution in [0, 0.1) is 0 Å². The molecule has 0 amide bonds. The van der Waals surface area contributed by atoms with Gasteiger partial charge in [0.05, 0.1) is 0 Å². The molecule has 0 radical (unpaired) electrons. The summed E-state index contributed by atoms with van der Waals surface area (Å²) in [6.07, 6.45) is 0. The average Bonchev–Trinajstić information content (AvgIpc) is 1.88. The van der Waals surface area contributed by atoms with Gasteiger partial charge in [-0.15, -0.1) is 0 Å². The Morgan fingerprint density at radius 3 is 2.45 bits per heavy atom. The average molecular weight is 174 g/mol. The predicted molar refractivity (Wildman–Crippen MR) is 49.1 cm³/mol. The maximum absolute atomic E-state index is 11.2. The minimum atomic E-state index is 0.00926. The molecule has 0 aromatic carbocycles. The number of likely N-dealkylation sites (N-methyl/N-ethyl adjacent to an activating group) is 1. The van der Waals surface area contributed by atoms with E-state index in [0.717, 1.165) is 5.75 Å². The second kappa shape index (κ2) is 5.07. The number of hydrogen-bond donors (Lipinski definition) is 2. The Labute approximate surface area is 71.4 Å². The van der Waals surface area contributed by atoms with Crippen LogP contribution < -0.4 is 11.1 Å². The summed E-state index contributed by atoms with van der Waals surface area (Å²) in [7, 11) is 1.69. The van der Waals surface area contributed by atoms with Gasteiger partial charge in [-0.05, 0) is 12.7 Å². The van der Waals surface area contributed by atoms with E-state index >= 15 is 0 Å². The predicted octanol–water partition coefficient (Wildman–Crippen LogP) is 0.676. The third kappa shape index (κ3) is 3.32. The Morgan fingerprint density at radius 1 is 1.64 bits per heavy atom. The summed E-state index contributed by atoms with van der Waals surface area (Å²) in [5, 5.41) is 2.78. The SMILES string of the molecule is CCSC(=O)/C(NC)=C(/C)N. The highest BCUT2D eigenvalue weighted by Gasteiger charge is 2.08. The summed E-state index contributed by atoms with van der Waals surface area (Å²) in [4.78, 5) is 11.2. The number of rotatable bonds is 3. The zero-order valence-electron chi connectivity index (χ0n) is 7.10. The smallest absolute Gasteiger partial charge is 0.236 e. The summed E-state index contributed by atoms with van der Waals surface area (Å²) in [6.45, 7) is 3.64. The van der Waals surface area contributed by atoms with E-state index in [-0.39, 0.29) is 5.12 Å². The quantitative estimate of drug-likeness (QED) is 0.618. The lowest BCUT2D eigenvalue weighted by molar-refractivity contribution is -0.108. The Bertz CT molecular complexity index is 173. The number of hydrogen-bond acceptors (Lipinski definition) is 4. The molecule has 4 heteroatoms. The topological polar surface area (TPSA) is 55.1 Å². The summed E-state index contributed by atoms with van der Waals surface area (Å²) >= 11 is 1.25. The van der Waals surface area contributed by atoms with Gasteiger partial charge in [-0.25, -0.2) is 0 Å². The zero-order chi connectivity index (χ0) is 8.85. The van der Waals surface area contributed by atoms with Gasteiger partial charge in [0, 0.05) is 12.7 Å². The van der Waals surface area contributed by atoms with Crippen LogP contribution in [0.4, 0.5) is 0 Å². The molecule has 0 heterocycles. The first-order valence-corrected chi connectivity index (χ1v) is 4.43. The van der Waals surface area contributed by atoms with Crippen LogP contribution in [-0.4, -0.2) is 17.9 Å². The Hall–Kier alpha value is -0.640. The first-order valence-electron chi connectivity index (χ1n) is 3.44. The van der Waals surface area contributed by atoms with Crippen molar-refractivity contribution < 1.29 is 4.79 Å². The molecule has 3 nitrogen and oxygen atoms in total. The second-order valence-electron chi connectivity index (χ2n) is 2.03. The number of carbonyl (C=O) groups is 1. The van der Waals surface area contributed by atoms with Crippen LogP contribution in [0.15, 0.2) is 11.4 Å². The van der Waals surface area contributed by atoms with E-state index in [1.807, 2.05) is 6.92 Å². The first kappa shape index (κ1) is 10.4. The van der Waals surface area contributed by atoms with E-state index in [1.54, 1.807) is 14.0 Å². The molecule has 0 saturated carbocycles. The van der Waals surface area contributed by atoms with Gasteiger partial charge in [0.1, 0.15) is 5.70 Å². The molecule has 0 spiro atoms. The fraction of sp³-hybridized carbons (Fsp3) is 0.571. The van der Waals surface area contributed by atoms with Crippen molar-refractivity contribution in [1.82, 2.24) is 5.32 Å². The van der Waals surface area contributed by atoms with Crippen LogP contribution in [0.5, 0.6) is 0 Å². The number of thioether (sulfide) groups is 1. The molecule has 0 aliphatic heterocycles. The third-order valence-electron chi connectivity index (χ3n) is 1.12. The van der Waals surface area contributed by atoms with Crippen molar-refractivity contribution in [2.75, 3.05) is 12.8 Å². The van der Waals surface area contributed by atoms with Crippen molar-refractivity contribution in [3.8, 4) is 0 Å². The molecule has 0 aromatic heterocycles. The number of nitrogens with one attached hydrogen (secondary N) is 1. The van der Waals surface area contributed by atoms with E-state index in [0.29, 0.717) is 11.4 Å². The number of carbonyl (C=O) groups excluding carboxylic acids is 1. The fourth-order valence-electron chi connectivity index (χ4n) is 0.663. The molecule has 0 aliphatic carbocycles. The highest BCUT2D eigenvalue weighted by molar-refractivity contribution is 8.14. The molecule has 0 saturated heterocycles. The van der Waals surface area contributed by atoms with E-state index < -0.39 is 0 Å². The van der Waals surface area contributed by atoms with E-state index in [9.17, 15) is 4.79 Å². The molecule has 0 unspecified atom stereocenters.